The summed E-state index contributed by atoms with van der Waals surface area (Å²) in [6, 6.07) is 12.9. The summed E-state index contributed by atoms with van der Waals surface area (Å²) in [5.41, 5.74) is 4.94. The fourth-order valence-corrected chi connectivity index (χ4v) is 3.35. The summed E-state index contributed by atoms with van der Waals surface area (Å²) in [5, 5.41) is 4.39. The lowest BCUT2D eigenvalue weighted by Gasteiger charge is -2.22. The molecule has 2 aromatic carbocycles. The third-order valence-electron chi connectivity index (χ3n) is 3.55. The molecule has 0 saturated heterocycles. The van der Waals surface area contributed by atoms with Crippen LogP contribution in [0.2, 0.25) is 5.02 Å². The Morgan fingerprint density at radius 3 is 2.40 bits per heavy atom. The van der Waals surface area contributed by atoms with Crippen LogP contribution in [0.15, 0.2) is 36.4 Å². The Morgan fingerprint density at radius 1 is 1.10 bits per heavy atom. The van der Waals surface area contributed by atoms with E-state index in [2.05, 4.69) is 85.1 Å². The van der Waals surface area contributed by atoms with Crippen molar-refractivity contribution in [2.45, 2.75) is 26.8 Å². The van der Waals surface area contributed by atoms with Gasteiger partial charge in [-0.15, -0.1) is 0 Å². The van der Waals surface area contributed by atoms with E-state index in [1.165, 1.54) is 20.3 Å². The number of rotatable bonds is 4. The summed E-state index contributed by atoms with van der Waals surface area (Å²) in [7, 11) is 0. The van der Waals surface area contributed by atoms with Crippen molar-refractivity contribution in [3.05, 3.63) is 67.2 Å². The predicted octanol–water partition coefficient (Wildman–Crippen LogP) is 5.26. The molecule has 106 valence electrons. The molecule has 0 amide bonds. The number of hydrogen-bond acceptors (Lipinski definition) is 1. The number of benzene rings is 2. The van der Waals surface area contributed by atoms with Crippen LogP contribution in [0.3, 0.4) is 0 Å². The molecule has 0 radical (unpaired) electrons. The van der Waals surface area contributed by atoms with Gasteiger partial charge < -0.3 is 5.32 Å². The highest BCUT2D eigenvalue weighted by Crippen LogP contribution is 2.32. The van der Waals surface area contributed by atoms with Crippen molar-refractivity contribution in [1.29, 1.82) is 0 Å². The van der Waals surface area contributed by atoms with Crippen LogP contribution in [0.25, 0.3) is 0 Å². The lowest BCUT2D eigenvalue weighted by atomic mass is 9.95. The maximum atomic E-state index is 6.49. The molecule has 3 heteroatoms. The monoisotopic (exact) mass is 399 g/mol. The summed E-state index contributed by atoms with van der Waals surface area (Å²) in [4.78, 5) is 0. The molecule has 0 bridgehead atoms. The van der Waals surface area contributed by atoms with Gasteiger partial charge in [0.25, 0.3) is 0 Å². The van der Waals surface area contributed by atoms with E-state index < -0.39 is 0 Å². The molecule has 0 aromatic heterocycles. The van der Waals surface area contributed by atoms with Gasteiger partial charge in [0.15, 0.2) is 0 Å². The highest BCUT2D eigenvalue weighted by Gasteiger charge is 2.18. The van der Waals surface area contributed by atoms with Gasteiger partial charge >= 0.3 is 0 Å². The van der Waals surface area contributed by atoms with Crippen LogP contribution in [0.1, 0.15) is 35.2 Å². The minimum Gasteiger partial charge on any atom is -0.306 e. The van der Waals surface area contributed by atoms with Crippen molar-refractivity contribution in [2.24, 2.45) is 0 Å². The summed E-state index contributed by atoms with van der Waals surface area (Å²) in [5.74, 6) is 0. The number of halogens is 2. The smallest absolute Gasteiger partial charge is 0.0601 e. The van der Waals surface area contributed by atoms with E-state index in [-0.39, 0.29) is 6.04 Å². The maximum Gasteiger partial charge on any atom is 0.0601 e. The Bertz CT molecular complexity index is 610. The summed E-state index contributed by atoms with van der Waals surface area (Å²) < 4.78 is 1.25. The molecule has 2 aromatic rings. The molecular weight excluding hydrogens is 381 g/mol. The maximum absolute atomic E-state index is 6.49. The van der Waals surface area contributed by atoms with Crippen LogP contribution in [0, 0.1) is 17.4 Å². The summed E-state index contributed by atoms with van der Waals surface area (Å²) in [6.07, 6.45) is 0. The number of hydrogen-bond donors (Lipinski definition) is 1. The van der Waals surface area contributed by atoms with Gasteiger partial charge in [0.2, 0.25) is 0 Å². The lowest BCUT2D eigenvalue weighted by molar-refractivity contribution is 0.628. The SMILES string of the molecule is CCNC(c1cc(C)c(C)cc1Cl)c1ccccc1I. The van der Waals surface area contributed by atoms with Crippen molar-refractivity contribution in [3.63, 3.8) is 0 Å². The molecule has 1 atom stereocenters. The number of aryl methyl sites for hydroxylation is 2. The zero-order chi connectivity index (χ0) is 14.7. The van der Waals surface area contributed by atoms with Gasteiger partial charge in [0.1, 0.15) is 0 Å². The van der Waals surface area contributed by atoms with Gasteiger partial charge in [0, 0.05) is 8.59 Å². The fraction of sp³-hybridized carbons (Fsp3) is 0.294. The fourth-order valence-electron chi connectivity index (χ4n) is 2.33. The number of nitrogens with one attached hydrogen (secondary N) is 1. The van der Waals surface area contributed by atoms with Crippen LogP contribution < -0.4 is 5.32 Å². The topological polar surface area (TPSA) is 12.0 Å². The first-order valence-corrected chi connectivity index (χ1v) is 8.24. The van der Waals surface area contributed by atoms with Crippen LogP contribution in [0.5, 0.6) is 0 Å². The van der Waals surface area contributed by atoms with Crippen LogP contribution >= 0.6 is 34.2 Å². The Labute approximate surface area is 139 Å². The van der Waals surface area contributed by atoms with Gasteiger partial charge in [-0.05, 0) is 77.4 Å². The highest BCUT2D eigenvalue weighted by atomic mass is 127. The summed E-state index contributed by atoms with van der Waals surface area (Å²) >= 11 is 8.88. The van der Waals surface area contributed by atoms with E-state index in [0.29, 0.717) is 0 Å². The minimum absolute atomic E-state index is 0.139. The minimum atomic E-state index is 0.139. The summed E-state index contributed by atoms with van der Waals surface area (Å²) in [6.45, 7) is 7.25. The second-order valence-electron chi connectivity index (χ2n) is 4.97. The zero-order valence-electron chi connectivity index (χ0n) is 12.0. The molecule has 0 saturated carbocycles. The van der Waals surface area contributed by atoms with E-state index in [0.717, 1.165) is 17.1 Å². The molecule has 1 unspecified atom stereocenters. The molecule has 1 nitrogen and oxygen atoms in total. The van der Waals surface area contributed by atoms with Gasteiger partial charge in [0.05, 0.1) is 6.04 Å². The molecule has 2 rings (SSSR count). The second-order valence-corrected chi connectivity index (χ2v) is 6.54. The first-order valence-electron chi connectivity index (χ1n) is 6.79. The normalized spacial score (nSPS) is 12.4. The first-order chi connectivity index (χ1) is 9.54. The molecule has 0 fully saturated rings. The third-order valence-corrected chi connectivity index (χ3v) is 4.86. The van der Waals surface area contributed by atoms with Crippen molar-refractivity contribution in [2.75, 3.05) is 6.54 Å². The molecule has 0 aliphatic carbocycles. The van der Waals surface area contributed by atoms with Crippen molar-refractivity contribution < 1.29 is 0 Å². The van der Waals surface area contributed by atoms with E-state index in [9.17, 15) is 0 Å². The van der Waals surface area contributed by atoms with E-state index in [4.69, 9.17) is 11.6 Å². The van der Waals surface area contributed by atoms with Gasteiger partial charge in [-0.25, -0.2) is 0 Å². The molecule has 0 heterocycles. The van der Waals surface area contributed by atoms with Crippen LogP contribution in [-0.2, 0) is 0 Å². The van der Waals surface area contributed by atoms with Crippen LogP contribution in [-0.4, -0.2) is 6.54 Å². The van der Waals surface area contributed by atoms with Crippen molar-refractivity contribution in [1.82, 2.24) is 5.32 Å². The van der Waals surface area contributed by atoms with Crippen LogP contribution in [0.4, 0.5) is 0 Å². The molecule has 1 N–H and O–H groups in total. The molecule has 0 aliphatic heterocycles. The van der Waals surface area contributed by atoms with E-state index in [1.807, 2.05) is 0 Å². The van der Waals surface area contributed by atoms with E-state index in [1.54, 1.807) is 0 Å². The Morgan fingerprint density at radius 2 is 1.75 bits per heavy atom. The lowest BCUT2D eigenvalue weighted by Crippen LogP contribution is -2.23. The quantitative estimate of drug-likeness (QED) is 0.692. The van der Waals surface area contributed by atoms with Gasteiger partial charge in [-0.1, -0.05) is 42.8 Å². The second kappa shape index (κ2) is 6.92. The first kappa shape index (κ1) is 15.8. The third kappa shape index (κ3) is 3.35. The van der Waals surface area contributed by atoms with Crippen molar-refractivity contribution in [3.8, 4) is 0 Å². The molecule has 0 spiro atoms. The molecular formula is C17H19ClIN. The molecule has 20 heavy (non-hydrogen) atoms. The van der Waals surface area contributed by atoms with E-state index >= 15 is 0 Å². The van der Waals surface area contributed by atoms with Crippen molar-refractivity contribution >= 4 is 34.2 Å². The standard InChI is InChI=1S/C17H19ClIN/c1-4-20-17(13-7-5-6-8-16(13)19)14-9-11(2)12(3)10-15(14)18/h5-10,17,20H,4H2,1-3H3. The molecule has 0 aliphatic rings. The Balaban J connectivity index is 2.54. The predicted molar refractivity (Wildman–Crippen MR) is 95.6 cm³/mol. The Kier molecular flexibility index (Phi) is 5.47. The average Bonchev–Trinajstić information content (AvgIpc) is 2.42. The highest BCUT2D eigenvalue weighted by molar-refractivity contribution is 14.1. The van der Waals surface area contributed by atoms with Gasteiger partial charge in [-0.2, -0.15) is 0 Å². The zero-order valence-corrected chi connectivity index (χ0v) is 14.9. The van der Waals surface area contributed by atoms with Gasteiger partial charge in [-0.3, -0.25) is 0 Å². The average molecular weight is 400 g/mol. The Hall–Kier alpha value is -0.580. The largest absolute Gasteiger partial charge is 0.306 e.